The van der Waals surface area contributed by atoms with Crippen molar-refractivity contribution >= 4 is 34.2 Å². The number of fused-ring (bicyclic) bond motifs is 1. The van der Waals surface area contributed by atoms with Gasteiger partial charge in [0.2, 0.25) is 5.78 Å². The number of carbonyl (C=O) groups excluding carboxylic acids is 2. The molecule has 4 nitrogen and oxygen atoms in total. The van der Waals surface area contributed by atoms with Crippen molar-refractivity contribution in [1.29, 1.82) is 0 Å². The second-order valence-electron chi connectivity index (χ2n) is 6.01. The van der Waals surface area contributed by atoms with Crippen LogP contribution in [0, 0.1) is 0 Å². The fourth-order valence-corrected chi connectivity index (χ4v) is 2.97. The van der Waals surface area contributed by atoms with Crippen molar-refractivity contribution in [3.05, 3.63) is 70.4 Å². The van der Waals surface area contributed by atoms with Gasteiger partial charge >= 0.3 is 0 Å². The number of hydrogen-bond donors (Lipinski definition) is 2. The van der Waals surface area contributed by atoms with E-state index in [-0.39, 0.29) is 17.7 Å². The number of benzene rings is 2. The van der Waals surface area contributed by atoms with Crippen LogP contribution < -0.4 is 5.32 Å². The molecule has 4 rings (SSSR count). The van der Waals surface area contributed by atoms with Gasteiger partial charge in [-0.2, -0.15) is 0 Å². The molecule has 0 unspecified atom stereocenters. The zero-order chi connectivity index (χ0) is 16.7. The van der Waals surface area contributed by atoms with Crippen LogP contribution in [0.2, 0.25) is 5.02 Å². The molecule has 0 spiro atoms. The van der Waals surface area contributed by atoms with Gasteiger partial charge in [-0.15, -0.1) is 0 Å². The lowest BCUT2D eigenvalue weighted by atomic mass is 10.0. The van der Waals surface area contributed by atoms with E-state index in [4.69, 9.17) is 11.6 Å². The van der Waals surface area contributed by atoms with E-state index in [1.165, 1.54) is 0 Å². The number of halogens is 1. The largest absolute Gasteiger partial charge is 0.351 e. The normalized spacial score (nSPS) is 13.9. The van der Waals surface area contributed by atoms with E-state index in [1.807, 2.05) is 6.07 Å². The van der Waals surface area contributed by atoms with Gasteiger partial charge in [-0.3, -0.25) is 9.59 Å². The first-order valence-corrected chi connectivity index (χ1v) is 8.23. The molecule has 1 aliphatic rings. The third-order valence-electron chi connectivity index (χ3n) is 4.16. The fourth-order valence-electron chi connectivity index (χ4n) is 2.79. The number of rotatable bonds is 4. The van der Waals surface area contributed by atoms with Gasteiger partial charge < -0.3 is 10.3 Å². The Hall–Kier alpha value is -2.59. The smallest absolute Gasteiger partial charge is 0.254 e. The molecule has 1 fully saturated rings. The van der Waals surface area contributed by atoms with Crippen molar-refractivity contribution < 1.29 is 9.59 Å². The van der Waals surface area contributed by atoms with Crippen LogP contribution >= 0.6 is 11.6 Å². The van der Waals surface area contributed by atoms with Crippen molar-refractivity contribution in [2.45, 2.75) is 18.9 Å². The number of aromatic amines is 1. The molecule has 5 heteroatoms. The lowest BCUT2D eigenvalue weighted by molar-refractivity contribution is 0.0941. The first-order valence-electron chi connectivity index (χ1n) is 7.85. The fraction of sp³-hybridized carbons (Fsp3) is 0.158. The number of H-pyrrole nitrogens is 1. The van der Waals surface area contributed by atoms with Gasteiger partial charge in [-0.05, 0) is 25.0 Å². The van der Waals surface area contributed by atoms with Gasteiger partial charge in [0.15, 0.2) is 0 Å². The number of carbonyl (C=O) groups is 2. The third-order valence-corrected chi connectivity index (χ3v) is 4.40. The molecular weight excluding hydrogens is 324 g/mol. The minimum Gasteiger partial charge on any atom is -0.351 e. The van der Waals surface area contributed by atoms with Crippen LogP contribution in [0.25, 0.3) is 10.9 Å². The van der Waals surface area contributed by atoms with Crippen molar-refractivity contribution in [1.82, 2.24) is 10.3 Å². The molecule has 1 saturated carbocycles. The molecule has 0 aliphatic heterocycles. The van der Waals surface area contributed by atoms with Crippen molar-refractivity contribution in [3.63, 3.8) is 0 Å². The number of aromatic nitrogens is 1. The summed E-state index contributed by atoms with van der Waals surface area (Å²) in [5.74, 6) is -0.422. The Labute approximate surface area is 143 Å². The molecule has 0 bridgehead atoms. The molecule has 0 radical (unpaired) electrons. The van der Waals surface area contributed by atoms with Crippen LogP contribution in [0.4, 0.5) is 0 Å². The van der Waals surface area contributed by atoms with E-state index in [0.717, 1.165) is 12.8 Å². The maximum Gasteiger partial charge on any atom is 0.254 e. The zero-order valence-electron chi connectivity index (χ0n) is 12.8. The molecule has 1 aliphatic carbocycles. The van der Waals surface area contributed by atoms with Gasteiger partial charge in [0.25, 0.3) is 5.91 Å². The Morgan fingerprint density at radius 3 is 2.54 bits per heavy atom. The zero-order valence-corrected chi connectivity index (χ0v) is 13.6. The number of nitrogens with one attached hydrogen (secondary N) is 2. The molecule has 120 valence electrons. The van der Waals surface area contributed by atoms with Gasteiger partial charge in [-0.1, -0.05) is 48.0 Å². The molecule has 1 aromatic heterocycles. The molecule has 2 N–H and O–H groups in total. The molecule has 1 amide bonds. The summed E-state index contributed by atoms with van der Waals surface area (Å²) in [5.41, 5.74) is 1.91. The quantitative estimate of drug-likeness (QED) is 0.708. The first-order chi connectivity index (χ1) is 11.6. The molecule has 0 saturated heterocycles. The predicted octanol–water partition coefficient (Wildman–Crippen LogP) is 3.94. The van der Waals surface area contributed by atoms with Crippen LogP contribution in [-0.4, -0.2) is 22.7 Å². The summed E-state index contributed by atoms with van der Waals surface area (Å²) in [6.07, 6.45) is 1.98. The lowest BCUT2D eigenvalue weighted by Crippen LogP contribution is -2.27. The monoisotopic (exact) mass is 338 g/mol. The average Bonchev–Trinajstić information content (AvgIpc) is 3.32. The van der Waals surface area contributed by atoms with Gasteiger partial charge in [-0.25, -0.2) is 0 Å². The Morgan fingerprint density at radius 2 is 1.83 bits per heavy atom. The van der Waals surface area contributed by atoms with Gasteiger partial charge in [0.05, 0.1) is 5.56 Å². The highest BCUT2D eigenvalue weighted by atomic mass is 35.5. The van der Waals surface area contributed by atoms with E-state index in [2.05, 4.69) is 10.3 Å². The Bertz CT molecular complexity index is 943. The highest BCUT2D eigenvalue weighted by Crippen LogP contribution is 2.28. The number of ketones is 1. The van der Waals surface area contributed by atoms with Gasteiger partial charge in [0, 0.05) is 27.5 Å². The van der Waals surface area contributed by atoms with Crippen LogP contribution in [0.1, 0.15) is 39.3 Å². The van der Waals surface area contributed by atoms with Crippen molar-refractivity contribution in [2.75, 3.05) is 0 Å². The molecule has 24 heavy (non-hydrogen) atoms. The first kappa shape index (κ1) is 15.0. The second kappa shape index (κ2) is 5.80. The summed E-state index contributed by atoms with van der Waals surface area (Å²) in [5, 5.41) is 4.22. The SMILES string of the molecule is O=C(c1ccccc1)c1[nH]c2cc(Cl)ccc2c1C(=O)NC1CC1. The average molecular weight is 339 g/mol. The van der Waals surface area contributed by atoms with E-state index in [1.54, 1.807) is 42.5 Å². The Kier molecular flexibility index (Phi) is 3.62. The summed E-state index contributed by atoms with van der Waals surface area (Å²) < 4.78 is 0. The summed E-state index contributed by atoms with van der Waals surface area (Å²) in [4.78, 5) is 28.7. The number of hydrogen-bond acceptors (Lipinski definition) is 2. The third kappa shape index (κ3) is 2.69. The summed E-state index contributed by atoms with van der Waals surface area (Å²) >= 11 is 6.05. The Morgan fingerprint density at radius 1 is 1.08 bits per heavy atom. The maximum atomic E-state index is 12.9. The highest BCUT2D eigenvalue weighted by molar-refractivity contribution is 6.31. The van der Waals surface area contributed by atoms with Crippen LogP contribution in [0.15, 0.2) is 48.5 Å². The predicted molar refractivity (Wildman–Crippen MR) is 93.7 cm³/mol. The number of amides is 1. The van der Waals surface area contributed by atoms with E-state index in [9.17, 15) is 9.59 Å². The van der Waals surface area contributed by atoms with Crippen LogP contribution in [-0.2, 0) is 0 Å². The summed E-state index contributed by atoms with van der Waals surface area (Å²) in [6.45, 7) is 0. The minimum absolute atomic E-state index is 0.205. The Balaban J connectivity index is 1.86. The van der Waals surface area contributed by atoms with E-state index < -0.39 is 0 Å². The van der Waals surface area contributed by atoms with Crippen molar-refractivity contribution in [2.24, 2.45) is 0 Å². The standard InChI is InChI=1S/C19H15ClN2O2/c20-12-6-9-14-15(10-12)22-17(16(14)19(24)21-13-7-8-13)18(23)11-4-2-1-3-5-11/h1-6,9-10,13,22H,7-8H2,(H,21,24). The summed E-state index contributed by atoms with van der Waals surface area (Å²) in [6, 6.07) is 14.4. The van der Waals surface area contributed by atoms with Crippen LogP contribution in [0.5, 0.6) is 0 Å². The topological polar surface area (TPSA) is 62.0 Å². The minimum atomic E-state index is -0.217. The molecule has 3 aromatic rings. The van der Waals surface area contributed by atoms with E-state index >= 15 is 0 Å². The van der Waals surface area contributed by atoms with E-state index in [0.29, 0.717) is 32.7 Å². The molecule has 0 atom stereocenters. The second-order valence-corrected chi connectivity index (χ2v) is 6.44. The highest BCUT2D eigenvalue weighted by Gasteiger charge is 2.29. The van der Waals surface area contributed by atoms with Crippen LogP contribution in [0.3, 0.4) is 0 Å². The van der Waals surface area contributed by atoms with Gasteiger partial charge in [0.1, 0.15) is 5.69 Å². The molecular formula is C19H15ClN2O2. The molecule has 1 heterocycles. The summed E-state index contributed by atoms with van der Waals surface area (Å²) in [7, 11) is 0. The molecule has 2 aromatic carbocycles. The maximum absolute atomic E-state index is 12.9. The van der Waals surface area contributed by atoms with Crippen molar-refractivity contribution in [3.8, 4) is 0 Å². The lowest BCUT2D eigenvalue weighted by Gasteiger charge is -2.05.